The van der Waals surface area contributed by atoms with Gasteiger partial charge in [-0.3, -0.25) is 15.2 Å². The molecule has 0 amide bonds. The number of hydrogen-bond donors (Lipinski definition) is 3. The molecule has 0 aliphatic carbocycles. The van der Waals surface area contributed by atoms with Gasteiger partial charge in [0.05, 0.1) is 11.9 Å². The van der Waals surface area contributed by atoms with Crippen molar-refractivity contribution in [3.05, 3.63) is 67.5 Å². The molecule has 29 heavy (non-hydrogen) atoms. The van der Waals surface area contributed by atoms with E-state index in [0.29, 0.717) is 0 Å². The fourth-order valence-corrected chi connectivity index (χ4v) is 3.61. The lowest BCUT2D eigenvalue weighted by Gasteiger charge is -2.01. The smallest absolute Gasteiger partial charge is 0.155 e. The Bertz CT molecular complexity index is 1440. The van der Waals surface area contributed by atoms with Crippen molar-refractivity contribution in [3.8, 4) is 33.6 Å². The van der Waals surface area contributed by atoms with Crippen LogP contribution in [0.5, 0.6) is 0 Å². The molecular weight excluding hydrogens is 364 g/mol. The highest BCUT2D eigenvalue weighted by molar-refractivity contribution is 5.99. The summed E-state index contributed by atoms with van der Waals surface area (Å²) in [4.78, 5) is 16.5. The molecule has 6 aromatic rings. The minimum Gasteiger partial charge on any atom is -0.338 e. The van der Waals surface area contributed by atoms with Crippen molar-refractivity contribution >= 4 is 22.1 Å². The number of aromatic nitrogens is 8. The average molecular weight is 378 g/mol. The summed E-state index contributed by atoms with van der Waals surface area (Å²) >= 11 is 0. The number of H-pyrrole nitrogens is 3. The van der Waals surface area contributed by atoms with Crippen LogP contribution in [0.3, 0.4) is 0 Å². The summed E-state index contributed by atoms with van der Waals surface area (Å²) in [5.74, 6) is 0. The molecule has 3 N–H and O–H groups in total. The third-order valence-electron chi connectivity index (χ3n) is 5.03. The Kier molecular flexibility index (Phi) is 3.30. The van der Waals surface area contributed by atoms with Gasteiger partial charge in [0, 0.05) is 52.9 Å². The molecule has 0 radical (unpaired) electrons. The van der Waals surface area contributed by atoms with E-state index in [2.05, 4.69) is 52.5 Å². The molecule has 8 nitrogen and oxygen atoms in total. The fraction of sp³-hybridized carbons (Fsp3) is 0. The number of nitrogens with zero attached hydrogens (tertiary/aromatic N) is 5. The quantitative estimate of drug-likeness (QED) is 0.432. The molecule has 0 spiro atoms. The van der Waals surface area contributed by atoms with Crippen LogP contribution in [-0.4, -0.2) is 40.3 Å². The Labute approximate surface area is 164 Å². The van der Waals surface area contributed by atoms with Crippen LogP contribution >= 0.6 is 0 Å². The molecule has 0 atom stereocenters. The lowest BCUT2D eigenvalue weighted by atomic mass is 10.0. The van der Waals surface area contributed by atoms with Crippen molar-refractivity contribution in [1.82, 2.24) is 40.3 Å². The highest BCUT2D eigenvalue weighted by atomic mass is 15.2. The van der Waals surface area contributed by atoms with E-state index in [1.165, 1.54) is 0 Å². The molecule has 0 aliphatic heterocycles. The van der Waals surface area contributed by atoms with Crippen molar-refractivity contribution in [2.75, 3.05) is 0 Å². The van der Waals surface area contributed by atoms with Crippen molar-refractivity contribution in [2.24, 2.45) is 0 Å². The van der Waals surface area contributed by atoms with E-state index in [-0.39, 0.29) is 0 Å². The summed E-state index contributed by atoms with van der Waals surface area (Å²) in [6.45, 7) is 0. The second kappa shape index (κ2) is 6.10. The van der Waals surface area contributed by atoms with E-state index < -0.39 is 0 Å². The van der Waals surface area contributed by atoms with Gasteiger partial charge in [0.1, 0.15) is 11.3 Å². The summed E-state index contributed by atoms with van der Waals surface area (Å²) in [7, 11) is 0. The van der Waals surface area contributed by atoms with Gasteiger partial charge in [-0.15, -0.1) is 0 Å². The summed E-state index contributed by atoms with van der Waals surface area (Å²) < 4.78 is 0. The maximum atomic E-state index is 4.51. The van der Waals surface area contributed by atoms with Crippen molar-refractivity contribution < 1.29 is 0 Å². The summed E-state index contributed by atoms with van der Waals surface area (Å²) in [6.07, 6.45) is 10.8. The fourth-order valence-electron chi connectivity index (χ4n) is 3.61. The van der Waals surface area contributed by atoms with Crippen LogP contribution in [0.4, 0.5) is 0 Å². The zero-order chi connectivity index (χ0) is 19.2. The largest absolute Gasteiger partial charge is 0.338 e. The van der Waals surface area contributed by atoms with Gasteiger partial charge in [0.2, 0.25) is 0 Å². The summed E-state index contributed by atoms with van der Waals surface area (Å²) in [5.41, 5.74) is 7.36. The van der Waals surface area contributed by atoms with E-state index in [0.717, 1.165) is 55.7 Å². The second-order valence-electron chi connectivity index (χ2n) is 6.72. The molecule has 6 aromatic heterocycles. The standard InChI is InChI=1S/C21H14N8/c1-4-22-5-2-12(1)15-3-6-23-20-16(15)8-18(27-20)19-17-7-13(14-10-25-26-11-14)9-24-21(17)29-28-19/h1-11H,(H,23,27)(H,25,26)(H,24,28,29). The zero-order valence-corrected chi connectivity index (χ0v) is 15.1. The average Bonchev–Trinajstić information content (AvgIpc) is 3.52. The molecule has 6 rings (SSSR count). The highest BCUT2D eigenvalue weighted by Crippen LogP contribution is 2.33. The van der Waals surface area contributed by atoms with Gasteiger partial charge in [-0.1, -0.05) is 0 Å². The van der Waals surface area contributed by atoms with Crippen molar-refractivity contribution in [2.45, 2.75) is 0 Å². The first-order valence-electron chi connectivity index (χ1n) is 9.08. The van der Waals surface area contributed by atoms with Gasteiger partial charge in [-0.25, -0.2) is 9.97 Å². The number of aromatic amines is 3. The number of hydrogen-bond acceptors (Lipinski definition) is 5. The predicted octanol–water partition coefficient (Wildman–Crippen LogP) is 3.95. The second-order valence-corrected chi connectivity index (χ2v) is 6.72. The van der Waals surface area contributed by atoms with Crippen LogP contribution in [0.15, 0.2) is 67.5 Å². The van der Waals surface area contributed by atoms with E-state index in [1.807, 2.05) is 30.6 Å². The number of pyridine rings is 3. The third kappa shape index (κ3) is 2.50. The minimum atomic E-state index is 0.730. The van der Waals surface area contributed by atoms with Crippen LogP contribution in [-0.2, 0) is 0 Å². The topological polar surface area (TPSA) is 112 Å². The predicted molar refractivity (Wildman–Crippen MR) is 110 cm³/mol. The first kappa shape index (κ1) is 15.7. The Morgan fingerprint density at radius 2 is 1.69 bits per heavy atom. The van der Waals surface area contributed by atoms with Gasteiger partial charge in [0.15, 0.2) is 5.65 Å². The van der Waals surface area contributed by atoms with E-state index in [1.54, 1.807) is 24.8 Å². The number of nitrogens with one attached hydrogen (secondary N) is 3. The first-order valence-corrected chi connectivity index (χ1v) is 9.08. The molecule has 0 unspecified atom stereocenters. The maximum Gasteiger partial charge on any atom is 0.155 e. The van der Waals surface area contributed by atoms with Gasteiger partial charge < -0.3 is 4.98 Å². The van der Waals surface area contributed by atoms with Crippen LogP contribution < -0.4 is 0 Å². The van der Waals surface area contributed by atoms with Crippen LogP contribution in [0.25, 0.3) is 55.7 Å². The number of fused-ring (bicyclic) bond motifs is 2. The first-order chi connectivity index (χ1) is 14.4. The van der Waals surface area contributed by atoms with Crippen LogP contribution in [0.2, 0.25) is 0 Å². The normalized spacial score (nSPS) is 11.4. The Balaban J connectivity index is 1.54. The lowest BCUT2D eigenvalue weighted by molar-refractivity contribution is 1.09. The molecule has 0 fully saturated rings. The Morgan fingerprint density at radius 3 is 2.55 bits per heavy atom. The van der Waals surface area contributed by atoms with E-state index in [4.69, 9.17) is 0 Å². The monoisotopic (exact) mass is 378 g/mol. The van der Waals surface area contributed by atoms with Gasteiger partial charge in [-0.05, 0) is 41.5 Å². The van der Waals surface area contributed by atoms with Crippen molar-refractivity contribution in [3.63, 3.8) is 0 Å². The van der Waals surface area contributed by atoms with E-state index in [9.17, 15) is 0 Å². The SMILES string of the molecule is c1cc(-c2ccnc3[nH]c(-c4n[nH]c5ncc(-c6cn[nH]c6)cc45)cc23)ccn1. The van der Waals surface area contributed by atoms with Crippen LogP contribution in [0, 0.1) is 0 Å². The molecule has 0 saturated heterocycles. The minimum absolute atomic E-state index is 0.730. The molecule has 0 aliphatic rings. The molecule has 138 valence electrons. The molecule has 6 heterocycles. The molecule has 0 bridgehead atoms. The van der Waals surface area contributed by atoms with Gasteiger partial charge >= 0.3 is 0 Å². The van der Waals surface area contributed by atoms with E-state index >= 15 is 0 Å². The molecular formula is C21H14N8. The summed E-state index contributed by atoms with van der Waals surface area (Å²) in [5, 5.41) is 16.3. The van der Waals surface area contributed by atoms with Gasteiger partial charge in [-0.2, -0.15) is 10.2 Å². The highest BCUT2D eigenvalue weighted by Gasteiger charge is 2.15. The van der Waals surface area contributed by atoms with Crippen LogP contribution in [0.1, 0.15) is 0 Å². The maximum absolute atomic E-state index is 4.51. The number of rotatable bonds is 3. The Hall–Kier alpha value is -4.33. The lowest BCUT2D eigenvalue weighted by Crippen LogP contribution is -1.82. The molecule has 0 saturated carbocycles. The summed E-state index contributed by atoms with van der Waals surface area (Å²) in [6, 6.07) is 10.1. The van der Waals surface area contributed by atoms with Gasteiger partial charge in [0.25, 0.3) is 0 Å². The zero-order valence-electron chi connectivity index (χ0n) is 15.1. The molecule has 0 aromatic carbocycles. The molecule has 8 heteroatoms. The Morgan fingerprint density at radius 1 is 0.759 bits per heavy atom. The third-order valence-corrected chi connectivity index (χ3v) is 5.03. The van der Waals surface area contributed by atoms with Crippen molar-refractivity contribution in [1.29, 1.82) is 0 Å².